The maximum atomic E-state index is 2.83. The van der Waals surface area contributed by atoms with Crippen LogP contribution in [0.2, 0.25) is 0 Å². The lowest BCUT2D eigenvalue weighted by atomic mass is 9.58. The van der Waals surface area contributed by atoms with Crippen LogP contribution in [-0.4, -0.2) is 48.1 Å². The molecule has 0 aromatic rings. The van der Waals surface area contributed by atoms with Gasteiger partial charge in [-0.2, -0.15) is 0 Å². The van der Waals surface area contributed by atoms with Gasteiger partial charge in [0, 0.05) is 12.1 Å². The highest BCUT2D eigenvalue weighted by Gasteiger charge is 2.44. The van der Waals surface area contributed by atoms with Crippen molar-refractivity contribution in [1.29, 1.82) is 0 Å². The molecule has 2 heterocycles. The zero-order chi connectivity index (χ0) is 13.5. The summed E-state index contributed by atoms with van der Waals surface area (Å²) in [6, 6.07) is 1.63. The van der Waals surface area contributed by atoms with E-state index in [4.69, 9.17) is 0 Å². The summed E-state index contributed by atoms with van der Waals surface area (Å²) in [6.07, 6.45) is 8.83. The number of hydrogen-bond acceptors (Lipinski definition) is 2. The van der Waals surface area contributed by atoms with Crippen molar-refractivity contribution in [2.45, 2.75) is 71.4 Å². The van der Waals surface area contributed by atoms with Crippen molar-refractivity contribution in [2.75, 3.05) is 26.2 Å². The van der Waals surface area contributed by atoms with Gasteiger partial charge in [-0.1, -0.05) is 6.92 Å². The Bertz CT molecular complexity index is 288. The average molecular weight is 264 g/mol. The van der Waals surface area contributed by atoms with Crippen LogP contribution in [0.15, 0.2) is 0 Å². The summed E-state index contributed by atoms with van der Waals surface area (Å²) in [5, 5.41) is 0. The zero-order valence-corrected chi connectivity index (χ0v) is 13.2. The molecule has 3 aliphatic rings. The molecule has 2 aliphatic heterocycles. The third-order valence-corrected chi connectivity index (χ3v) is 6.17. The second kappa shape index (κ2) is 5.37. The van der Waals surface area contributed by atoms with E-state index in [0.29, 0.717) is 0 Å². The van der Waals surface area contributed by atoms with E-state index in [1.807, 2.05) is 0 Å². The molecular formula is C17H32N2. The quantitative estimate of drug-likeness (QED) is 0.754. The van der Waals surface area contributed by atoms with Crippen LogP contribution in [0.25, 0.3) is 0 Å². The van der Waals surface area contributed by atoms with Crippen molar-refractivity contribution >= 4 is 0 Å². The van der Waals surface area contributed by atoms with Crippen molar-refractivity contribution in [3.63, 3.8) is 0 Å². The highest BCUT2D eigenvalue weighted by atomic mass is 15.2. The van der Waals surface area contributed by atoms with E-state index in [1.54, 1.807) is 0 Å². The Kier molecular flexibility index (Phi) is 3.92. The maximum Gasteiger partial charge on any atom is 0.0120 e. The highest BCUT2D eigenvalue weighted by Crippen LogP contribution is 2.52. The van der Waals surface area contributed by atoms with Crippen LogP contribution in [0.1, 0.15) is 59.3 Å². The molecule has 19 heavy (non-hydrogen) atoms. The summed E-state index contributed by atoms with van der Waals surface area (Å²) in [5.74, 6) is 1.01. The predicted molar refractivity (Wildman–Crippen MR) is 81.4 cm³/mol. The smallest absolute Gasteiger partial charge is 0.0120 e. The van der Waals surface area contributed by atoms with Gasteiger partial charge in [0.25, 0.3) is 0 Å². The number of hydrogen-bond donors (Lipinski definition) is 0. The first-order chi connectivity index (χ1) is 9.08. The SMILES string of the molecule is CC1CC2(CCN(C3CCN(C(C)C)CC3)CC2)C1. The van der Waals surface area contributed by atoms with Gasteiger partial charge in [-0.3, -0.25) is 0 Å². The summed E-state index contributed by atoms with van der Waals surface area (Å²) in [7, 11) is 0. The normalized spacial score (nSPS) is 30.9. The molecule has 2 nitrogen and oxygen atoms in total. The fraction of sp³-hybridized carbons (Fsp3) is 1.00. The van der Waals surface area contributed by atoms with Crippen molar-refractivity contribution < 1.29 is 0 Å². The monoisotopic (exact) mass is 264 g/mol. The summed E-state index contributed by atoms with van der Waals surface area (Å²) in [5.41, 5.74) is 0.786. The van der Waals surface area contributed by atoms with E-state index in [1.165, 1.54) is 64.7 Å². The molecule has 0 radical (unpaired) electrons. The molecule has 2 saturated heterocycles. The lowest BCUT2D eigenvalue weighted by Gasteiger charge is -2.53. The number of rotatable bonds is 2. The third kappa shape index (κ3) is 2.85. The number of piperidine rings is 2. The Morgan fingerprint density at radius 3 is 2.00 bits per heavy atom. The van der Waals surface area contributed by atoms with Crippen molar-refractivity contribution in [3.8, 4) is 0 Å². The Hall–Kier alpha value is -0.0800. The van der Waals surface area contributed by atoms with Crippen LogP contribution in [-0.2, 0) is 0 Å². The standard InChI is InChI=1S/C17H32N2/c1-14(2)18-8-4-16(5-9-18)19-10-6-17(7-11-19)12-15(3)13-17/h14-16H,4-13H2,1-3H3. The second-order valence-corrected chi connectivity index (χ2v) is 7.91. The van der Waals surface area contributed by atoms with E-state index in [9.17, 15) is 0 Å². The maximum absolute atomic E-state index is 2.83. The minimum atomic E-state index is 0.738. The average Bonchev–Trinajstić information content (AvgIpc) is 2.38. The molecule has 1 aliphatic carbocycles. The van der Waals surface area contributed by atoms with E-state index in [-0.39, 0.29) is 0 Å². The molecular weight excluding hydrogens is 232 g/mol. The lowest BCUT2D eigenvalue weighted by Crippen LogP contribution is -2.52. The van der Waals surface area contributed by atoms with Gasteiger partial charge in [0.15, 0.2) is 0 Å². The molecule has 0 amide bonds. The Morgan fingerprint density at radius 2 is 1.53 bits per heavy atom. The van der Waals surface area contributed by atoms with Gasteiger partial charge in [-0.25, -0.2) is 0 Å². The summed E-state index contributed by atoms with van der Waals surface area (Å²) >= 11 is 0. The molecule has 110 valence electrons. The first kappa shape index (κ1) is 13.9. The fourth-order valence-corrected chi connectivity index (χ4v) is 4.96. The first-order valence-electron chi connectivity index (χ1n) is 8.56. The van der Waals surface area contributed by atoms with Crippen molar-refractivity contribution in [1.82, 2.24) is 9.80 Å². The topological polar surface area (TPSA) is 6.48 Å². The molecule has 0 atom stereocenters. The predicted octanol–water partition coefficient (Wildman–Crippen LogP) is 3.37. The van der Waals surface area contributed by atoms with E-state index < -0.39 is 0 Å². The minimum Gasteiger partial charge on any atom is -0.301 e. The molecule has 0 N–H and O–H groups in total. The van der Waals surface area contributed by atoms with Gasteiger partial charge in [-0.15, -0.1) is 0 Å². The molecule has 1 saturated carbocycles. The molecule has 0 aromatic heterocycles. The van der Waals surface area contributed by atoms with E-state index in [0.717, 1.165) is 23.4 Å². The summed E-state index contributed by atoms with van der Waals surface area (Å²) < 4.78 is 0. The Labute approximate surface area is 119 Å². The summed E-state index contributed by atoms with van der Waals surface area (Å²) in [4.78, 5) is 5.47. The molecule has 1 spiro atoms. The molecule has 3 fully saturated rings. The molecule has 3 rings (SSSR count). The molecule has 0 aromatic carbocycles. The van der Waals surface area contributed by atoms with Crippen molar-refractivity contribution in [3.05, 3.63) is 0 Å². The summed E-state index contributed by atoms with van der Waals surface area (Å²) in [6.45, 7) is 12.5. The van der Waals surface area contributed by atoms with Gasteiger partial charge < -0.3 is 9.80 Å². The fourth-order valence-electron chi connectivity index (χ4n) is 4.96. The van der Waals surface area contributed by atoms with Gasteiger partial charge >= 0.3 is 0 Å². The van der Waals surface area contributed by atoms with Crippen LogP contribution in [0, 0.1) is 11.3 Å². The van der Waals surface area contributed by atoms with Crippen LogP contribution < -0.4 is 0 Å². The molecule has 0 unspecified atom stereocenters. The minimum absolute atomic E-state index is 0.738. The lowest BCUT2D eigenvalue weighted by molar-refractivity contribution is -0.0274. The van der Waals surface area contributed by atoms with Crippen LogP contribution >= 0.6 is 0 Å². The van der Waals surface area contributed by atoms with Crippen molar-refractivity contribution in [2.24, 2.45) is 11.3 Å². The number of nitrogens with zero attached hydrogens (tertiary/aromatic N) is 2. The molecule has 2 heteroatoms. The largest absolute Gasteiger partial charge is 0.301 e. The van der Waals surface area contributed by atoms with Gasteiger partial charge in [0.2, 0.25) is 0 Å². The van der Waals surface area contributed by atoms with Gasteiger partial charge in [-0.05, 0) is 89.9 Å². The number of likely N-dealkylation sites (tertiary alicyclic amines) is 2. The van der Waals surface area contributed by atoms with Crippen LogP contribution in [0.3, 0.4) is 0 Å². The Balaban J connectivity index is 1.45. The zero-order valence-electron chi connectivity index (χ0n) is 13.2. The van der Waals surface area contributed by atoms with E-state index in [2.05, 4.69) is 30.6 Å². The van der Waals surface area contributed by atoms with Gasteiger partial charge in [0.1, 0.15) is 0 Å². The first-order valence-corrected chi connectivity index (χ1v) is 8.56. The molecule has 0 bridgehead atoms. The van der Waals surface area contributed by atoms with Crippen LogP contribution in [0.5, 0.6) is 0 Å². The third-order valence-electron chi connectivity index (χ3n) is 6.17. The Morgan fingerprint density at radius 1 is 0.947 bits per heavy atom. The van der Waals surface area contributed by atoms with Crippen LogP contribution in [0.4, 0.5) is 0 Å². The van der Waals surface area contributed by atoms with E-state index >= 15 is 0 Å². The van der Waals surface area contributed by atoms with Gasteiger partial charge in [0.05, 0.1) is 0 Å². The highest BCUT2D eigenvalue weighted by molar-refractivity contribution is 4.97. The second-order valence-electron chi connectivity index (χ2n) is 7.91.